The van der Waals surface area contributed by atoms with Gasteiger partial charge in [-0.25, -0.2) is 4.39 Å². The highest BCUT2D eigenvalue weighted by Gasteiger charge is 2.43. The molecule has 2 saturated heterocycles. The first kappa shape index (κ1) is 14.0. The zero-order valence-electron chi connectivity index (χ0n) is 11.0. The summed E-state index contributed by atoms with van der Waals surface area (Å²) in [6.07, 6.45) is 2.01. The maximum atomic E-state index is 14.0. The van der Waals surface area contributed by atoms with Crippen LogP contribution in [0.3, 0.4) is 0 Å². The third-order valence-electron chi connectivity index (χ3n) is 4.15. The van der Waals surface area contributed by atoms with Crippen molar-refractivity contribution in [2.75, 3.05) is 19.8 Å². The molecule has 108 valence electrons. The van der Waals surface area contributed by atoms with Gasteiger partial charge >= 0.3 is 0 Å². The van der Waals surface area contributed by atoms with E-state index >= 15 is 0 Å². The molecule has 2 heterocycles. The molecule has 20 heavy (non-hydrogen) atoms. The van der Waals surface area contributed by atoms with Crippen LogP contribution in [0.4, 0.5) is 4.39 Å². The molecule has 0 bridgehead atoms. The van der Waals surface area contributed by atoms with Crippen LogP contribution in [-0.2, 0) is 9.47 Å². The Labute approximate surface area is 122 Å². The maximum Gasteiger partial charge on any atom is 0.169 e. The van der Waals surface area contributed by atoms with Crippen molar-refractivity contribution in [1.29, 1.82) is 0 Å². The number of rotatable bonds is 2. The third-order valence-corrected chi connectivity index (χ3v) is 4.44. The van der Waals surface area contributed by atoms with Gasteiger partial charge in [0.2, 0.25) is 0 Å². The Kier molecular flexibility index (Phi) is 3.80. The van der Waals surface area contributed by atoms with Gasteiger partial charge in [0.1, 0.15) is 0 Å². The van der Waals surface area contributed by atoms with E-state index in [1.807, 2.05) is 0 Å². The van der Waals surface area contributed by atoms with Crippen molar-refractivity contribution in [2.45, 2.75) is 24.9 Å². The van der Waals surface area contributed by atoms with Crippen molar-refractivity contribution < 1.29 is 18.7 Å². The van der Waals surface area contributed by atoms with E-state index < -0.39 is 5.82 Å². The van der Waals surface area contributed by atoms with Crippen LogP contribution in [0.25, 0.3) is 0 Å². The first-order valence-electron chi connectivity index (χ1n) is 6.81. The summed E-state index contributed by atoms with van der Waals surface area (Å²) in [5.41, 5.74) is -0.272. The number of halogens is 2. The van der Waals surface area contributed by atoms with E-state index in [2.05, 4.69) is 0 Å². The van der Waals surface area contributed by atoms with Gasteiger partial charge < -0.3 is 9.47 Å². The molecule has 2 unspecified atom stereocenters. The minimum absolute atomic E-state index is 0.0122. The fourth-order valence-electron chi connectivity index (χ4n) is 3.03. The molecule has 2 aliphatic heterocycles. The van der Waals surface area contributed by atoms with E-state index in [9.17, 15) is 9.18 Å². The largest absolute Gasteiger partial charge is 0.378 e. The van der Waals surface area contributed by atoms with E-state index in [1.54, 1.807) is 6.07 Å². The van der Waals surface area contributed by atoms with Crippen molar-refractivity contribution in [3.05, 3.63) is 34.6 Å². The predicted molar refractivity (Wildman–Crippen MR) is 72.6 cm³/mol. The van der Waals surface area contributed by atoms with Crippen molar-refractivity contribution >= 4 is 17.4 Å². The average Bonchev–Trinajstić information content (AvgIpc) is 2.89. The minimum atomic E-state index is -0.623. The summed E-state index contributed by atoms with van der Waals surface area (Å²) in [5.74, 6) is -1.03. The van der Waals surface area contributed by atoms with E-state index in [4.69, 9.17) is 21.1 Å². The molecule has 0 aromatic heterocycles. The van der Waals surface area contributed by atoms with Crippen LogP contribution in [0.5, 0.6) is 0 Å². The molecule has 5 heteroatoms. The minimum Gasteiger partial charge on any atom is -0.378 e. The molecule has 1 aromatic rings. The van der Waals surface area contributed by atoms with Crippen LogP contribution in [0.2, 0.25) is 5.02 Å². The van der Waals surface area contributed by atoms with Crippen molar-refractivity contribution in [1.82, 2.24) is 0 Å². The van der Waals surface area contributed by atoms with Crippen LogP contribution >= 0.6 is 11.6 Å². The van der Waals surface area contributed by atoms with Gasteiger partial charge in [-0.2, -0.15) is 0 Å². The zero-order valence-corrected chi connectivity index (χ0v) is 11.8. The van der Waals surface area contributed by atoms with Crippen LogP contribution in [0.15, 0.2) is 18.2 Å². The first-order chi connectivity index (χ1) is 9.61. The molecule has 2 fully saturated rings. The Balaban J connectivity index is 1.81. The van der Waals surface area contributed by atoms with Gasteiger partial charge in [0.25, 0.3) is 0 Å². The molecule has 0 aliphatic carbocycles. The van der Waals surface area contributed by atoms with Crippen LogP contribution in [0, 0.1) is 11.7 Å². The Hall–Kier alpha value is -0.970. The Morgan fingerprint density at radius 1 is 1.40 bits per heavy atom. The van der Waals surface area contributed by atoms with Gasteiger partial charge in [-0.1, -0.05) is 17.7 Å². The Morgan fingerprint density at radius 2 is 2.25 bits per heavy atom. The molecule has 1 spiro atoms. The average molecular weight is 299 g/mol. The SMILES string of the molecule is O=C(c1cccc(Cl)c1F)C1CCOC2(CCOC2)C1. The normalized spacial score (nSPS) is 29.8. The molecule has 2 atom stereocenters. The summed E-state index contributed by atoms with van der Waals surface area (Å²) in [7, 11) is 0. The maximum absolute atomic E-state index is 14.0. The van der Waals surface area contributed by atoms with Crippen molar-refractivity contribution in [2.24, 2.45) is 5.92 Å². The highest BCUT2D eigenvalue weighted by atomic mass is 35.5. The smallest absolute Gasteiger partial charge is 0.169 e. The molecule has 3 nitrogen and oxygen atoms in total. The van der Waals surface area contributed by atoms with Crippen LogP contribution < -0.4 is 0 Å². The lowest BCUT2D eigenvalue weighted by Crippen LogP contribution is -2.42. The number of carbonyl (C=O) groups is 1. The predicted octanol–water partition coefficient (Wildman–Crippen LogP) is 3.25. The molecule has 2 aliphatic rings. The quantitative estimate of drug-likeness (QED) is 0.786. The van der Waals surface area contributed by atoms with E-state index in [1.165, 1.54) is 12.1 Å². The summed E-state index contributed by atoms with van der Waals surface area (Å²) < 4.78 is 25.1. The number of Topliss-reactive ketones (excluding diaryl/α,β-unsaturated/α-hetero) is 1. The third kappa shape index (κ3) is 2.48. The molecule has 1 aromatic carbocycles. The van der Waals surface area contributed by atoms with Crippen LogP contribution in [-0.4, -0.2) is 31.2 Å². The Morgan fingerprint density at radius 3 is 3.00 bits per heavy atom. The highest BCUT2D eigenvalue weighted by Crippen LogP contribution is 2.37. The fourth-order valence-corrected chi connectivity index (χ4v) is 3.20. The summed E-state index contributed by atoms with van der Waals surface area (Å²) in [5, 5.41) is -0.0122. The standard InChI is InChI=1S/C15H16ClFO3/c16-12-3-1-2-11(13(12)17)14(18)10-4-6-20-15(8-10)5-7-19-9-15/h1-3,10H,4-9H2. The lowest BCUT2D eigenvalue weighted by molar-refractivity contribution is -0.0921. The van der Waals surface area contributed by atoms with Gasteiger partial charge in [0.05, 0.1) is 22.8 Å². The lowest BCUT2D eigenvalue weighted by atomic mass is 9.81. The van der Waals surface area contributed by atoms with Gasteiger partial charge in [-0.3, -0.25) is 4.79 Å². The van der Waals surface area contributed by atoms with E-state index in [0.29, 0.717) is 32.7 Å². The van der Waals surface area contributed by atoms with Gasteiger partial charge in [-0.15, -0.1) is 0 Å². The first-order valence-corrected chi connectivity index (χ1v) is 7.19. The van der Waals surface area contributed by atoms with E-state index in [-0.39, 0.29) is 27.9 Å². The van der Waals surface area contributed by atoms with Gasteiger partial charge in [0, 0.05) is 25.6 Å². The summed E-state index contributed by atoms with van der Waals surface area (Å²) >= 11 is 5.75. The molecule has 0 radical (unpaired) electrons. The van der Waals surface area contributed by atoms with Gasteiger partial charge in [-0.05, 0) is 25.0 Å². The highest BCUT2D eigenvalue weighted by molar-refractivity contribution is 6.31. The van der Waals surface area contributed by atoms with Crippen LogP contribution in [0.1, 0.15) is 29.6 Å². The van der Waals surface area contributed by atoms with Gasteiger partial charge in [0.15, 0.2) is 11.6 Å². The molecule has 0 amide bonds. The van der Waals surface area contributed by atoms with E-state index in [0.717, 1.165) is 6.42 Å². The number of benzene rings is 1. The topological polar surface area (TPSA) is 35.5 Å². The number of hydrogen-bond donors (Lipinski definition) is 0. The summed E-state index contributed by atoms with van der Waals surface area (Å²) in [4.78, 5) is 12.5. The van der Waals surface area contributed by atoms with Crippen molar-refractivity contribution in [3.8, 4) is 0 Å². The lowest BCUT2D eigenvalue weighted by Gasteiger charge is -2.36. The molecule has 0 N–H and O–H groups in total. The zero-order chi connectivity index (χ0) is 14.2. The Bertz CT molecular complexity index is 526. The number of ketones is 1. The monoisotopic (exact) mass is 298 g/mol. The second kappa shape index (κ2) is 5.43. The van der Waals surface area contributed by atoms with Crippen molar-refractivity contribution in [3.63, 3.8) is 0 Å². The number of hydrogen-bond acceptors (Lipinski definition) is 3. The molecule has 3 rings (SSSR count). The molecule has 0 saturated carbocycles. The summed E-state index contributed by atoms with van der Waals surface area (Å²) in [6.45, 7) is 1.70. The summed E-state index contributed by atoms with van der Waals surface area (Å²) in [6, 6.07) is 4.55. The second-order valence-electron chi connectivity index (χ2n) is 5.49. The molecular weight excluding hydrogens is 283 g/mol. The fraction of sp³-hybridized carbons (Fsp3) is 0.533. The number of carbonyl (C=O) groups excluding carboxylic acids is 1. The molecular formula is C15H16ClFO3. The second-order valence-corrected chi connectivity index (χ2v) is 5.90. The number of ether oxygens (including phenoxy) is 2.